The second-order valence-corrected chi connectivity index (χ2v) is 10.3. The standard InChI is InChI=1S/C23H25ClN2O5S/c1-13-19(25-22(30)31-23(2,3)4)20(27)26(12-14-5-8-16(24)9-6-14)17-11-15(21(28)29)7-10-18(17)32-13/h5-11,13,19H,12H2,1-4H3,(H,25,30)(H,28,29)/t13-,19+/m1/s1. The first-order valence-corrected chi connectivity index (χ1v) is 11.3. The highest BCUT2D eigenvalue weighted by atomic mass is 35.5. The molecule has 32 heavy (non-hydrogen) atoms. The smallest absolute Gasteiger partial charge is 0.408 e. The van der Waals surface area contributed by atoms with E-state index in [1.165, 1.54) is 28.8 Å². The quantitative estimate of drug-likeness (QED) is 0.647. The summed E-state index contributed by atoms with van der Waals surface area (Å²) in [6.07, 6.45) is -0.688. The van der Waals surface area contributed by atoms with Crippen LogP contribution in [0.15, 0.2) is 47.4 Å². The van der Waals surface area contributed by atoms with Gasteiger partial charge in [-0.2, -0.15) is 0 Å². The van der Waals surface area contributed by atoms with Crippen LogP contribution >= 0.6 is 23.4 Å². The number of anilines is 1. The highest BCUT2D eigenvalue weighted by Gasteiger charge is 2.37. The number of carbonyl (C=O) groups is 3. The predicted molar refractivity (Wildman–Crippen MR) is 125 cm³/mol. The van der Waals surface area contributed by atoms with Crippen molar-refractivity contribution in [1.82, 2.24) is 5.32 Å². The third-order valence-corrected chi connectivity index (χ3v) is 6.23. The average Bonchev–Trinajstić information content (AvgIpc) is 2.78. The van der Waals surface area contributed by atoms with Crippen LogP contribution in [0.25, 0.3) is 0 Å². The number of hydrogen-bond acceptors (Lipinski definition) is 5. The minimum absolute atomic E-state index is 0.0736. The number of carboxylic acid groups (broad SMARTS) is 1. The van der Waals surface area contributed by atoms with Gasteiger partial charge < -0.3 is 20.1 Å². The summed E-state index contributed by atoms with van der Waals surface area (Å²) < 4.78 is 5.35. The Kier molecular flexibility index (Phi) is 7.05. The molecule has 1 aliphatic heterocycles. The lowest BCUT2D eigenvalue weighted by Gasteiger charge is -2.28. The molecule has 2 atom stereocenters. The Bertz CT molecular complexity index is 1040. The summed E-state index contributed by atoms with van der Waals surface area (Å²) in [6, 6.07) is 10.9. The summed E-state index contributed by atoms with van der Waals surface area (Å²) >= 11 is 7.38. The molecular formula is C23H25ClN2O5S. The fourth-order valence-electron chi connectivity index (χ4n) is 3.27. The number of thioether (sulfide) groups is 1. The van der Waals surface area contributed by atoms with E-state index in [-0.39, 0.29) is 23.3 Å². The van der Waals surface area contributed by atoms with E-state index in [1.54, 1.807) is 51.1 Å². The molecule has 7 nitrogen and oxygen atoms in total. The second-order valence-electron chi connectivity index (χ2n) is 8.49. The molecular weight excluding hydrogens is 452 g/mol. The van der Waals surface area contributed by atoms with Crippen LogP contribution in [0.1, 0.15) is 43.6 Å². The van der Waals surface area contributed by atoms with Crippen LogP contribution in [0.4, 0.5) is 10.5 Å². The topological polar surface area (TPSA) is 95.9 Å². The van der Waals surface area contributed by atoms with Gasteiger partial charge in [0.15, 0.2) is 0 Å². The van der Waals surface area contributed by atoms with E-state index in [1.807, 2.05) is 6.92 Å². The van der Waals surface area contributed by atoms with Gasteiger partial charge in [0.05, 0.1) is 17.8 Å². The van der Waals surface area contributed by atoms with Crippen molar-refractivity contribution in [3.8, 4) is 0 Å². The monoisotopic (exact) mass is 476 g/mol. The molecule has 0 unspecified atom stereocenters. The molecule has 170 valence electrons. The highest BCUT2D eigenvalue weighted by Crippen LogP contribution is 2.39. The first-order valence-electron chi connectivity index (χ1n) is 10.0. The Morgan fingerprint density at radius 3 is 2.44 bits per heavy atom. The van der Waals surface area contributed by atoms with Crippen molar-refractivity contribution in [1.29, 1.82) is 0 Å². The molecule has 2 N–H and O–H groups in total. The van der Waals surface area contributed by atoms with E-state index in [9.17, 15) is 19.5 Å². The maximum absolute atomic E-state index is 13.6. The van der Waals surface area contributed by atoms with E-state index in [0.717, 1.165) is 10.5 Å². The molecule has 3 rings (SSSR count). The van der Waals surface area contributed by atoms with E-state index in [0.29, 0.717) is 10.7 Å². The lowest BCUT2D eigenvalue weighted by atomic mass is 10.1. The van der Waals surface area contributed by atoms with Crippen LogP contribution in [-0.4, -0.2) is 40.0 Å². The van der Waals surface area contributed by atoms with Crippen LogP contribution in [0.2, 0.25) is 5.02 Å². The molecule has 1 heterocycles. The largest absolute Gasteiger partial charge is 0.478 e. The molecule has 0 aliphatic carbocycles. The van der Waals surface area contributed by atoms with Crippen LogP contribution in [-0.2, 0) is 16.1 Å². The van der Waals surface area contributed by atoms with Gasteiger partial charge in [-0.3, -0.25) is 4.79 Å². The first kappa shape index (κ1) is 23.9. The zero-order valence-electron chi connectivity index (χ0n) is 18.2. The maximum atomic E-state index is 13.6. The number of hydrogen-bond donors (Lipinski definition) is 2. The summed E-state index contributed by atoms with van der Waals surface area (Å²) in [7, 11) is 0. The normalized spacial score (nSPS) is 18.5. The van der Waals surface area contributed by atoms with E-state index in [2.05, 4.69) is 5.32 Å². The maximum Gasteiger partial charge on any atom is 0.408 e. The van der Waals surface area contributed by atoms with Gasteiger partial charge in [-0.25, -0.2) is 9.59 Å². The number of benzene rings is 2. The molecule has 0 spiro atoms. The molecule has 0 bridgehead atoms. The molecule has 0 saturated carbocycles. The summed E-state index contributed by atoms with van der Waals surface area (Å²) in [5.74, 6) is -1.44. The van der Waals surface area contributed by atoms with Crippen molar-refractivity contribution in [2.45, 2.75) is 56.0 Å². The summed E-state index contributed by atoms with van der Waals surface area (Å²) in [4.78, 5) is 39.9. The van der Waals surface area contributed by atoms with Crippen LogP contribution in [0, 0.1) is 0 Å². The second kappa shape index (κ2) is 9.42. The van der Waals surface area contributed by atoms with Crippen LogP contribution in [0.3, 0.4) is 0 Å². The third kappa shape index (κ3) is 5.75. The summed E-state index contributed by atoms with van der Waals surface area (Å²) in [6.45, 7) is 7.26. The minimum atomic E-state index is -1.09. The van der Waals surface area contributed by atoms with Crippen molar-refractivity contribution < 1.29 is 24.2 Å². The molecule has 1 aliphatic rings. The van der Waals surface area contributed by atoms with Gasteiger partial charge in [-0.1, -0.05) is 30.7 Å². The van der Waals surface area contributed by atoms with Gasteiger partial charge in [0, 0.05) is 15.2 Å². The summed E-state index contributed by atoms with van der Waals surface area (Å²) in [5, 5.41) is 12.4. The number of carboxylic acids is 1. The molecule has 2 aromatic carbocycles. The fraction of sp³-hybridized carbons (Fsp3) is 0.348. The van der Waals surface area contributed by atoms with Gasteiger partial charge in [0.1, 0.15) is 11.6 Å². The van der Waals surface area contributed by atoms with Gasteiger partial charge >= 0.3 is 12.1 Å². The van der Waals surface area contributed by atoms with E-state index < -0.39 is 23.7 Å². The Hall–Kier alpha value is -2.71. The van der Waals surface area contributed by atoms with Crippen molar-refractivity contribution in [3.63, 3.8) is 0 Å². The highest BCUT2D eigenvalue weighted by molar-refractivity contribution is 8.00. The Morgan fingerprint density at radius 1 is 1.19 bits per heavy atom. The van der Waals surface area contributed by atoms with Crippen molar-refractivity contribution >= 4 is 47.0 Å². The van der Waals surface area contributed by atoms with Crippen molar-refractivity contribution in [2.75, 3.05) is 4.90 Å². The van der Waals surface area contributed by atoms with E-state index in [4.69, 9.17) is 16.3 Å². The lowest BCUT2D eigenvalue weighted by Crippen LogP contribution is -2.52. The number of aromatic carboxylic acids is 1. The number of nitrogens with one attached hydrogen (secondary N) is 1. The Morgan fingerprint density at radius 2 is 1.84 bits per heavy atom. The molecule has 0 aromatic heterocycles. The van der Waals surface area contributed by atoms with Crippen LogP contribution < -0.4 is 10.2 Å². The number of rotatable bonds is 4. The number of halogens is 1. The zero-order valence-corrected chi connectivity index (χ0v) is 19.8. The number of nitrogens with zero attached hydrogens (tertiary/aromatic N) is 1. The number of carbonyl (C=O) groups excluding carboxylic acids is 2. The molecule has 2 aromatic rings. The molecule has 0 radical (unpaired) electrons. The average molecular weight is 477 g/mol. The predicted octanol–water partition coefficient (Wildman–Crippen LogP) is 4.96. The minimum Gasteiger partial charge on any atom is -0.478 e. The number of amides is 2. The lowest BCUT2D eigenvalue weighted by molar-refractivity contribution is -0.120. The van der Waals surface area contributed by atoms with Gasteiger partial charge in [-0.15, -0.1) is 11.8 Å². The summed E-state index contributed by atoms with van der Waals surface area (Å²) in [5.41, 5.74) is 0.654. The zero-order chi connectivity index (χ0) is 23.6. The number of alkyl carbamates (subject to hydrolysis) is 1. The first-order chi connectivity index (χ1) is 14.9. The SMILES string of the molecule is C[C@H]1Sc2ccc(C(=O)O)cc2N(Cc2ccc(Cl)cc2)C(=O)[C@H]1NC(=O)OC(C)(C)C. The third-order valence-electron chi connectivity index (χ3n) is 4.74. The molecule has 2 amide bonds. The van der Waals surface area contributed by atoms with Gasteiger partial charge in [0.2, 0.25) is 0 Å². The Balaban J connectivity index is 2.01. The molecule has 0 saturated heterocycles. The number of fused-ring (bicyclic) bond motifs is 1. The van der Waals surface area contributed by atoms with Crippen LogP contribution in [0.5, 0.6) is 0 Å². The van der Waals surface area contributed by atoms with Gasteiger partial charge in [-0.05, 0) is 56.7 Å². The van der Waals surface area contributed by atoms with Crippen molar-refractivity contribution in [2.24, 2.45) is 0 Å². The van der Waals surface area contributed by atoms with E-state index >= 15 is 0 Å². The molecule has 9 heteroatoms. The Labute approximate surface area is 196 Å². The molecule has 0 fully saturated rings. The van der Waals surface area contributed by atoms with Gasteiger partial charge in [0.25, 0.3) is 5.91 Å². The van der Waals surface area contributed by atoms with Crippen molar-refractivity contribution in [3.05, 3.63) is 58.6 Å². The fourth-order valence-corrected chi connectivity index (χ4v) is 4.55. The number of ether oxygens (including phenoxy) is 1.